The van der Waals surface area contributed by atoms with Crippen LogP contribution in [0.2, 0.25) is 0 Å². The molecule has 0 spiro atoms. The monoisotopic (exact) mass is 528 g/mol. The van der Waals surface area contributed by atoms with Gasteiger partial charge in [-0.1, -0.05) is 18.2 Å². The number of aliphatic hydroxyl groups is 1. The molecule has 30 heavy (non-hydrogen) atoms. The first kappa shape index (κ1) is 24.2. The molecule has 1 aliphatic rings. The van der Waals surface area contributed by atoms with Gasteiger partial charge in [0.15, 0.2) is 5.96 Å². The van der Waals surface area contributed by atoms with Crippen molar-refractivity contribution in [2.24, 2.45) is 4.99 Å². The highest BCUT2D eigenvalue weighted by molar-refractivity contribution is 14.0. The van der Waals surface area contributed by atoms with Crippen molar-refractivity contribution >= 4 is 35.6 Å². The fourth-order valence-corrected chi connectivity index (χ4v) is 3.41. The van der Waals surface area contributed by atoms with Gasteiger partial charge in [0.2, 0.25) is 0 Å². The maximum Gasteiger partial charge on any atom is 0.194 e. The Balaban J connectivity index is 0.00000320. The zero-order valence-corrected chi connectivity index (χ0v) is 19.8. The largest absolute Gasteiger partial charge is 0.497 e. The Labute approximate surface area is 194 Å². The zero-order chi connectivity index (χ0) is 20.6. The third kappa shape index (κ3) is 6.21. The van der Waals surface area contributed by atoms with Crippen LogP contribution in [0.4, 0.5) is 10.1 Å². The molecular formula is C22H30FIN4O2. The fourth-order valence-electron chi connectivity index (χ4n) is 3.41. The third-order valence-corrected chi connectivity index (χ3v) is 5.03. The number of ether oxygens (including phenoxy) is 1. The van der Waals surface area contributed by atoms with Crippen molar-refractivity contribution in [2.75, 3.05) is 51.3 Å². The summed E-state index contributed by atoms with van der Waals surface area (Å²) in [6, 6.07) is 14.4. The summed E-state index contributed by atoms with van der Waals surface area (Å²) in [6.45, 7) is 6.21. The van der Waals surface area contributed by atoms with E-state index in [0.717, 1.165) is 44.4 Å². The highest BCUT2D eigenvalue weighted by atomic mass is 127. The number of hydrogen-bond donors (Lipinski definition) is 2. The maximum atomic E-state index is 13.9. The predicted octanol–water partition coefficient (Wildman–Crippen LogP) is 3.27. The number of methoxy groups -OCH3 is 1. The molecule has 1 unspecified atom stereocenters. The van der Waals surface area contributed by atoms with Crippen LogP contribution in [-0.4, -0.2) is 62.3 Å². The minimum Gasteiger partial charge on any atom is -0.497 e. The van der Waals surface area contributed by atoms with E-state index in [9.17, 15) is 9.50 Å². The van der Waals surface area contributed by atoms with Gasteiger partial charge in [-0.25, -0.2) is 4.39 Å². The van der Waals surface area contributed by atoms with E-state index < -0.39 is 11.9 Å². The van der Waals surface area contributed by atoms with Gasteiger partial charge in [-0.15, -0.1) is 24.0 Å². The first-order chi connectivity index (χ1) is 14.1. The molecule has 0 bridgehead atoms. The second kappa shape index (κ2) is 11.9. The molecule has 164 valence electrons. The van der Waals surface area contributed by atoms with Crippen molar-refractivity contribution in [1.82, 2.24) is 10.2 Å². The number of benzene rings is 2. The van der Waals surface area contributed by atoms with Gasteiger partial charge < -0.3 is 25.0 Å². The van der Waals surface area contributed by atoms with Gasteiger partial charge in [0.05, 0.1) is 13.7 Å². The van der Waals surface area contributed by atoms with E-state index >= 15 is 0 Å². The molecule has 0 radical (unpaired) electrons. The van der Waals surface area contributed by atoms with Gasteiger partial charge in [0.1, 0.15) is 17.7 Å². The van der Waals surface area contributed by atoms with Crippen LogP contribution in [0.1, 0.15) is 18.6 Å². The number of nitrogens with zero attached hydrogens (tertiary/aromatic N) is 3. The van der Waals surface area contributed by atoms with E-state index in [-0.39, 0.29) is 36.1 Å². The van der Waals surface area contributed by atoms with Gasteiger partial charge in [-0.3, -0.25) is 4.99 Å². The Bertz CT molecular complexity index is 811. The van der Waals surface area contributed by atoms with Crippen LogP contribution < -0.4 is 15.0 Å². The van der Waals surface area contributed by atoms with E-state index in [0.29, 0.717) is 0 Å². The first-order valence-corrected chi connectivity index (χ1v) is 9.97. The minimum atomic E-state index is -0.967. The summed E-state index contributed by atoms with van der Waals surface area (Å²) in [5.41, 5.74) is 1.44. The number of rotatable bonds is 6. The van der Waals surface area contributed by atoms with E-state index in [1.165, 1.54) is 11.8 Å². The van der Waals surface area contributed by atoms with Gasteiger partial charge >= 0.3 is 0 Å². The van der Waals surface area contributed by atoms with Crippen LogP contribution in [0, 0.1) is 5.82 Å². The summed E-state index contributed by atoms with van der Waals surface area (Å²) in [7, 11) is 1.67. The predicted molar refractivity (Wildman–Crippen MR) is 130 cm³/mol. The molecule has 0 saturated carbocycles. The number of hydrogen-bond acceptors (Lipinski definition) is 4. The fraction of sp³-hybridized carbons (Fsp3) is 0.409. The molecule has 6 nitrogen and oxygen atoms in total. The summed E-state index contributed by atoms with van der Waals surface area (Å²) in [5.74, 6) is 1.19. The zero-order valence-electron chi connectivity index (χ0n) is 17.4. The van der Waals surface area contributed by atoms with E-state index in [4.69, 9.17) is 4.74 Å². The lowest BCUT2D eigenvalue weighted by atomic mass is 10.1. The topological polar surface area (TPSA) is 60.3 Å². The van der Waals surface area contributed by atoms with Gasteiger partial charge in [-0.05, 0) is 37.3 Å². The molecule has 0 amide bonds. The number of piperazine rings is 1. The first-order valence-electron chi connectivity index (χ1n) is 9.97. The Morgan fingerprint density at radius 3 is 2.40 bits per heavy atom. The van der Waals surface area contributed by atoms with Crippen molar-refractivity contribution in [1.29, 1.82) is 0 Å². The maximum absolute atomic E-state index is 13.9. The van der Waals surface area contributed by atoms with Crippen molar-refractivity contribution in [3.8, 4) is 5.75 Å². The van der Waals surface area contributed by atoms with Crippen molar-refractivity contribution < 1.29 is 14.2 Å². The lowest BCUT2D eigenvalue weighted by molar-refractivity contribution is 0.181. The smallest absolute Gasteiger partial charge is 0.194 e. The molecule has 1 saturated heterocycles. The molecular weight excluding hydrogens is 498 g/mol. The summed E-state index contributed by atoms with van der Waals surface area (Å²) in [5, 5.41) is 13.6. The van der Waals surface area contributed by atoms with Crippen LogP contribution >= 0.6 is 24.0 Å². The minimum absolute atomic E-state index is 0. The van der Waals surface area contributed by atoms with Gasteiger partial charge in [0.25, 0.3) is 0 Å². The van der Waals surface area contributed by atoms with E-state index in [1.807, 2.05) is 19.1 Å². The number of aliphatic imine (C=N–C) groups is 1. The third-order valence-electron chi connectivity index (χ3n) is 5.03. The van der Waals surface area contributed by atoms with Crippen LogP contribution in [0.25, 0.3) is 0 Å². The highest BCUT2D eigenvalue weighted by Gasteiger charge is 2.20. The average molecular weight is 528 g/mol. The summed E-state index contributed by atoms with van der Waals surface area (Å²) < 4.78 is 19.1. The highest BCUT2D eigenvalue weighted by Crippen LogP contribution is 2.21. The standard InChI is InChI=1S/C22H29FN4O2.HI/c1-3-24-22(25-16-21(28)19-6-4-5-7-20(19)23)27-14-12-26(13-15-27)17-8-10-18(29-2)11-9-17;/h4-11,21,28H,3,12-16H2,1-2H3,(H,24,25);1H. The van der Waals surface area contributed by atoms with Crippen LogP contribution in [0.5, 0.6) is 5.75 Å². The second-order valence-corrected chi connectivity index (χ2v) is 6.90. The number of aliphatic hydroxyl groups excluding tert-OH is 1. The van der Waals surface area contributed by atoms with Crippen molar-refractivity contribution in [3.63, 3.8) is 0 Å². The van der Waals surface area contributed by atoms with Crippen LogP contribution in [0.3, 0.4) is 0 Å². The van der Waals surface area contributed by atoms with Crippen molar-refractivity contribution in [3.05, 3.63) is 59.9 Å². The van der Waals surface area contributed by atoms with E-state index in [2.05, 4.69) is 32.2 Å². The summed E-state index contributed by atoms with van der Waals surface area (Å²) >= 11 is 0. The molecule has 1 aliphatic heterocycles. The summed E-state index contributed by atoms with van der Waals surface area (Å²) in [6.07, 6.45) is -0.967. The van der Waals surface area contributed by atoms with Gasteiger partial charge in [0, 0.05) is 44.0 Å². The Kier molecular flexibility index (Phi) is 9.64. The molecule has 1 fully saturated rings. The molecule has 0 aliphatic carbocycles. The lowest BCUT2D eigenvalue weighted by Gasteiger charge is -2.37. The Morgan fingerprint density at radius 2 is 1.80 bits per heavy atom. The molecule has 1 atom stereocenters. The van der Waals surface area contributed by atoms with Crippen molar-refractivity contribution in [2.45, 2.75) is 13.0 Å². The number of guanidine groups is 1. The molecule has 2 aromatic carbocycles. The molecule has 3 rings (SSSR count). The number of halogens is 2. The molecule has 2 aromatic rings. The quantitative estimate of drug-likeness (QED) is 0.343. The Hall–Kier alpha value is -2.07. The Morgan fingerprint density at radius 1 is 1.13 bits per heavy atom. The molecule has 2 N–H and O–H groups in total. The molecule has 1 heterocycles. The number of nitrogens with one attached hydrogen (secondary N) is 1. The SMILES string of the molecule is CCNC(=NCC(O)c1ccccc1F)N1CCN(c2ccc(OC)cc2)CC1.I. The molecule has 8 heteroatoms. The van der Waals surface area contributed by atoms with Gasteiger partial charge in [-0.2, -0.15) is 0 Å². The van der Waals surface area contributed by atoms with E-state index in [1.54, 1.807) is 25.3 Å². The normalized spacial score (nSPS) is 15.4. The number of anilines is 1. The average Bonchev–Trinajstić information content (AvgIpc) is 2.77. The van der Waals surface area contributed by atoms with Crippen LogP contribution in [-0.2, 0) is 0 Å². The second-order valence-electron chi connectivity index (χ2n) is 6.90. The summed E-state index contributed by atoms with van der Waals surface area (Å²) in [4.78, 5) is 9.06. The van der Waals surface area contributed by atoms with Crippen LogP contribution in [0.15, 0.2) is 53.5 Å². The molecule has 0 aromatic heterocycles. The lowest BCUT2D eigenvalue weighted by Crippen LogP contribution is -2.52.